The first kappa shape index (κ1) is 14.4. The standard InChI is InChI=1S/C15H22N2OS/c1-19-10-6-5-9-17-12-16-14(15(17)18)11-13-7-3-2-4-8-13/h2-4,7-8,14,16H,5-6,9-12H2,1H3. The number of benzene rings is 1. The number of carbonyl (C=O) groups is 1. The van der Waals surface area contributed by atoms with Gasteiger partial charge in [-0.3, -0.25) is 10.1 Å². The summed E-state index contributed by atoms with van der Waals surface area (Å²) < 4.78 is 0. The van der Waals surface area contributed by atoms with E-state index < -0.39 is 0 Å². The molecule has 3 nitrogen and oxygen atoms in total. The number of hydrogen-bond acceptors (Lipinski definition) is 3. The lowest BCUT2D eigenvalue weighted by Crippen LogP contribution is -2.32. The first-order chi connectivity index (χ1) is 9.31. The molecule has 0 radical (unpaired) electrons. The number of nitrogens with zero attached hydrogens (tertiary/aromatic N) is 1. The van der Waals surface area contributed by atoms with Crippen LogP contribution >= 0.6 is 11.8 Å². The van der Waals surface area contributed by atoms with Gasteiger partial charge in [-0.15, -0.1) is 0 Å². The highest BCUT2D eigenvalue weighted by atomic mass is 32.2. The number of thioether (sulfide) groups is 1. The minimum absolute atomic E-state index is 0.0389. The molecule has 1 heterocycles. The number of carbonyl (C=O) groups excluding carboxylic acids is 1. The predicted octanol–water partition coefficient (Wildman–Crippen LogP) is 2.13. The summed E-state index contributed by atoms with van der Waals surface area (Å²) in [5.74, 6) is 1.44. The number of hydrogen-bond donors (Lipinski definition) is 1. The number of rotatable bonds is 7. The summed E-state index contributed by atoms with van der Waals surface area (Å²) in [6, 6.07) is 10.2. The monoisotopic (exact) mass is 278 g/mol. The van der Waals surface area contributed by atoms with Gasteiger partial charge in [-0.05, 0) is 36.8 Å². The maximum absolute atomic E-state index is 12.2. The maximum Gasteiger partial charge on any atom is 0.241 e. The highest BCUT2D eigenvalue weighted by Gasteiger charge is 2.30. The Bertz CT molecular complexity index is 396. The van der Waals surface area contributed by atoms with Crippen LogP contribution in [0.5, 0.6) is 0 Å². The van der Waals surface area contributed by atoms with Gasteiger partial charge in [0.15, 0.2) is 0 Å². The molecule has 1 aromatic carbocycles. The lowest BCUT2D eigenvalue weighted by atomic mass is 10.1. The van der Waals surface area contributed by atoms with Crippen LogP contribution in [-0.4, -0.2) is 42.1 Å². The van der Waals surface area contributed by atoms with Crippen LogP contribution < -0.4 is 5.32 Å². The van der Waals surface area contributed by atoms with Crippen molar-refractivity contribution in [1.82, 2.24) is 10.2 Å². The quantitative estimate of drug-likeness (QED) is 0.776. The van der Waals surface area contributed by atoms with E-state index in [9.17, 15) is 4.79 Å². The molecule has 1 N–H and O–H groups in total. The number of nitrogens with one attached hydrogen (secondary N) is 1. The molecule has 1 fully saturated rings. The minimum Gasteiger partial charge on any atom is -0.329 e. The summed E-state index contributed by atoms with van der Waals surface area (Å²) in [7, 11) is 0. The van der Waals surface area contributed by atoms with Crippen molar-refractivity contribution in [1.29, 1.82) is 0 Å². The largest absolute Gasteiger partial charge is 0.329 e. The Morgan fingerprint density at radius 2 is 2.11 bits per heavy atom. The fraction of sp³-hybridized carbons (Fsp3) is 0.533. The summed E-state index contributed by atoms with van der Waals surface area (Å²) in [6.45, 7) is 1.59. The third kappa shape index (κ3) is 4.25. The summed E-state index contributed by atoms with van der Waals surface area (Å²) in [4.78, 5) is 14.2. The fourth-order valence-corrected chi connectivity index (χ4v) is 2.85. The van der Waals surface area contributed by atoms with Gasteiger partial charge in [0.25, 0.3) is 0 Å². The Morgan fingerprint density at radius 3 is 2.84 bits per heavy atom. The van der Waals surface area contributed by atoms with Crippen LogP contribution in [0.3, 0.4) is 0 Å². The highest BCUT2D eigenvalue weighted by molar-refractivity contribution is 7.98. The second kappa shape index (κ2) is 7.56. The van der Waals surface area contributed by atoms with Crippen LogP contribution in [0.1, 0.15) is 18.4 Å². The normalized spacial score (nSPS) is 19.1. The second-order valence-electron chi connectivity index (χ2n) is 4.91. The van der Waals surface area contributed by atoms with Gasteiger partial charge in [0.2, 0.25) is 5.91 Å². The summed E-state index contributed by atoms with van der Waals surface area (Å²) in [6.07, 6.45) is 5.21. The Morgan fingerprint density at radius 1 is 1.32 bits per heavy atom. The van der Waals surface area contributed by atoms with E-state index in [0.717, 1.165) is 19.4 Å². The number of amides is 1. The molecule has 1 aliphatic rings. The van der Waals surface area contributed by atoms with E-state index in [0.29, 0.717) is 6.67 Å². The van der Waals surface area contributed by atoms with Crippen molar-refractivity contribution in [2.45, 2.75) is 25.3 Å². The Hall–Kier alpha value is -1.00. The lowest BCUT2D eigenvalue weighted by molar-refractivity contribution is -0.128. The zero-order valence-electron chi connectivity index (χ0n) is 11.5. The Balaban J connectivity index is 1.78. The van der Waals surface area contributed by atoms with Gasteiger partial charge in [-0.25, -0.2) is 0 Å². The van der Waals surface area contributed by atoms with Crippen LogP contribution in [0.4, 0.5) is 0 Å². The Kier molecular flexibility index (Phi) is 5.73. The molecule has 0 aliphatic carbocycles. The lowest BCUT2D eigenvalue weighted by Gasteiger charge is -2.15. The molecule has 1 aliphatic heterocycles. The van der Waals surface area contributed by atoms with E-state index in [-0.39, 0.29) is 11.9 Å². The molecule has 19 heavy (non-hydrogen) atoms. The van der Waals surface area contributed by atoms with Gasteiger partial charge >= 0.3 is 0 Å². The van der Waals surface area contributed by atoms with E-state index in [4.69, 9.17) is 0 Å². The summed E-state index contributed by atoms with van der Waals surface area (Å²) >= 11 is 1.87. The van der Waals surface area contributed by atoms with Crippen LogP contribution in [0, 0.1) is 0 Å². The molecule has 1 atom stereocenters. The molecule has 2 rings (SSSR count). The van der Waals surface area contributed by atoms with Crippen LogP contribution in [0.25, 0.3) is 0 Å². The van der Waals surface area contributed by atoms with Crippen molar-refractivity contribution in [2.75, 3.05) is 25.2 Å². The van der Waals surface area contributed by atoms with Crippen LogP contribution in [0.2, 0.25) is 0 Å². The third-order valence-electron chi connectivity index (χ3n) is 3.45. The molecular weight excluding hydrogens is 256 g/mol. The molecule has 1 saturated heterocycles. The SMILES string of the molecule is CSCCCCN1CNC(Cc2ccccc2)C1=O. The molecule has 0 spiro atoms. The van der Waals surface area contributed by atoms with Crippen molar-refractivity contribution >= 4 is 17.7 Å². The van der Waals surface area contributed by atoms with Crippen molar-refractivity contribution in [2.24, 2.45) is 0 Å². The van der Waals surface area contributed by atoms with Gasteiger partial charge < -0.3 is 4.90 Å². The van der Waals surface area contributed by atoms with E-state index in [1.807, 2.05) is 34.9 Å². The van der Waals surface area contributed by atoms with Gasteiger partial charge in [0, 0.05) is 6.54 Å². The molecule has 1 unspecified atom stereocenters. The number of unbranched alkanes of at least 4 members (excludes halogenated alkanes) is 1. The van der Waals surface area contributed by atoms with Gasteiger partial charge in [-0.2, -0.15) is 11.8 Å². The zero-order chi connectivity index (χ0) is 13.5. The van der Waals surface area contributed by atoms with E-state index in [1.54, 1.807) is 0 Å². The molecule has 4 heteroatoms. The fourth-order valence-electron chi connectivity index (χ4n) is 2.35. The predicted molar refractivity (Wildman–Crippen MR) is 81.3 cm³/mol. The van der Waals surface area contributed by atoms with E-state index in [2.05, 4.69) is 23.7 Å². The van der Waals surface area contributed by atoms with Crippen molar-refractivity contribution in [3.8, 4) is 0 Å². The van der Waals surface area contributed by atoms with Crippen molar-refractivity contribution in [3.63, 3.8) is 0 Å². The first-order valence-electron chi connectivity index (χ1n) is 6.86. The average Bonchev–Trinajstić information content (AvgIpc) is 2.78. The van der Waals surface area contributed by atoms with Gasteiger partial charge in [0.05, 0.1) is 12.7 Å². The molecule has 1 amide bonds. The molecule has 104 valence electrons. The maximum atomic E-state index is 12.2. The second-order valence-corrected chi connectivity index (χ2v) is 5.89. The topological polar surface area (TPSA) is 32.3 Å². The van der Waals surface area contributed by atoms with Crippen LogP contribution in [0.15, 0.2) is 30.3 Å². The third-order valence-corrected chi connectivity index (χ3v) is 4.14. The summed E-state index contributed by atoms with van der Waals surface area (Å²) in [5.41, 5.74) is 1.22. The van der Waals surface area contributed by atoms with E-state index >= 15 is 0 Å². The zero-order valence-corrected chi connectivity index (χ0v) is 12.3. The molecule has 0 aromatic heterocycles. The highest BCUT2D eigenvalue weighted by Crippen LogP contribution is 2.11. The van der Waals surface area contributed by atoms with Gasteiger partial charge in [-0.1, -0.05) is 30.3 Å². The van der Waals surface area contributed by atoms with Gasteiger partial charge in [0.1, 0.15) is 0 Å². The molecule has 1 aromatic rings. The first-order valence-corrected chi connectivity index (χ1v) is 8.25. The van der Waals surface area contributed by atoms with E-state index in [1.165, 1.54) is 17.7 Å². The van der Waals surface area contributed by atoms with Crippen molar-refractivity contribution in [3.05, 3.63) is 35.9 Å². The average molecular weight is 278 g/mol. The van der Waals surface area contributed by atoms with Crippen LogP contribution in [-0.2, 0) is 11.2 Å². The Labute approximate surface area is 119 Å². The summed E-state index contributed by atoms with van der Waals surface area (Å²) in [5, 5.41) is 3.32. The molecule has 0 saturated carbocycles. The molecular formula is C15H22N2OS. The molecule has 0 bridgehead atoms. The van der Waals surface area contributed by atoms with Crippen molar-refractivity contribution < 1.29 is 4.79 Å². The minimum atomic E-state index is -0.0389. The smallest absolute Gasteiger partial charge is 0.241 e.